The molecule has 0 saturated heterocycles. The number of likely N-dealkylation sites (N-methyl/N-ethyl adjacent to an activating group) is 1. The van der Waals surface area contributed by atoms with Gasteiger partial charge in [-0.15, -0.1) is 0 Å². The van der Waals surface area contributed by atoms with Gasteiger partial charge in [-0.25, -0.2) is 4.79 Å². The molecule has 5 rings (SSSR count). The van der Waals surface area contributed by atoms with Gasteiger partial charge in [0.05, 0.1) is 6.04 Å². The third kappa shape index (κ3) is 6.16. The minimum Gasteiger partial charge on any atom is -0.376 e. The SMILES string of the molecule is CCN(CC1=CCCC=C1)C(=C=O)C(Cc1c[nH]c2c1=CCCC=2)Nc1ccc(Nc2ccncc2)cc1. The number of allylic oxidation sites excluding steroid dienone is 2. The number of carbonyl (C=O) groups excluding carboxylic acids is 1. The van der Waals surface area contributed by atoms with Crippen LogP contribution >= 0.6 is 0 Å². The first-order chi connectivity index (χ1) is 18.7. The molecule has 2 heterocycles. The summed E-state index contributed by atoms with van der Waals surface area (Å²) in [4.78, 5) is 22.2. The predicted octanol–water partition coefficient (Wildman–Crippen LogP) is 4.85. The molecule has 0 saturated carbocycles. The minimum absolute atomic E-state index is 0.227. The number of nitrogens with one attached hydrogen (secondary N) is 3. The van der Waals surface area contributed by atoms with Crippen LogP contribution in [0.1, 0.15) is 38.2 Å². The summed E-state index contributed by atoms with van der Waals surface area (Å²) in [7, 11) is 0. The molecule has 0 bridgehead atoms. The molecule has 2 aliphatic rings. The van der Waals surface area contributed by atoms with E-state index in [0.29, 0.717) is 18.7 Å². The average molecular weight is 506 g/mol. The van der Waals surface area contributed by atoms with E-state index in [-0.39, 0.29) is 6.04 Å². The fourth-order valence-electron chi connectivity index (χ4n) is 5.15. The van der Waals surface area contributed by atoms with Crippen molar-refractivity contribution in [1.29, 1.82) is 0 Å². The number of benzene rings is 1. The zero-order valence-corrected chi connectivity index (χ0v) is 21.9. The maximum atomic E-state index is 12.5. The van der Waals surface area contributed by atoms with Crippen molar-refractivity contribution in [2.45, 2.75) is 45.1 Å². The van der Waals surface area contributed by atoms with Gasteiger partial charge in [-0.1, -0.05) is 30.4 Å². The molecule has 1 aromatic carbocycles. The van der Waals surface area contributed by atoms with Gasteiger partial charge >= 0.3 is 0 Å². The van der Waals surface area contributed by atoms with Crippen LogP contribution in [0.25, 0.3) is 12.2 Å². The summed E-state index contributed by atoms with van der Waals surface area (Å²) in [5.74, 6) is 2.33. The lowest BCUT2D eigenvalue weighted by Gasteiger charge is -2.31. The lowest BCUT2D eigenvalue weighted by Crippen LogP contribution is -2.39. The highest BCUT2D eigenvalue weighted by atomic mass is 16.1. The molecule has 2 aliphatic carbocycles. The number of fused-ring (bicyclic) bond motifs is 1. The van der Waals surface area contributed by atoms with Crippen molar-refractivity contribution in [1.82, 2.24) is 14.9 Å². The molecule has 1 unspecified atom stereocenters. The first-order valence-electron chi connectivity index (χ1n) is 13.5. The molecule has 0 spiro atoms. The van der Waals surface area contributed by atoms with Gasteiger partial charge in [0, 0.05) is 60.5 Å². The largest absolute Gasteiger partial charge is 0.376 e. The summed E-state index contributed by atoms with van der Waals surface area (Å²) >= 11 is 0. The molecule has 1 atom stereocenters. The third-order valence-electron chi connectivity index (χ3n) is 7.12. The number of hydrogen-bond acceptors (Lipinski definition) is 5. The maximum Gasteiger partial charge on any atom is 0.148 e. The molecule has 0 amide bonds. The molecule has 0 aliphatic heterocycles. The van der Waals surface area contributed by atoms with E-state index < -0.39 is 0 Å². The van der Waals surface area contributed by atoms with Gasteiger partial charge in [0.2, 0.25) is 0 Å². The second-order valence-corrected chi connectivity index (χ2v) is 9.73. The molecule has 194 valence electrons. The summed E-state index contributed by atoms with van der Waals surface area (Å²) < 4.78 is 0. The smallest absolute Gasteiger partial charge is 0.148 e. The molecular formula is C32H35N5O. The maximum absolute atomic E-state index is 12.5. The fraction of sp³-hybridized carbons (Fsp3) is 0.281. The molecule has 6 heteroatoms. The standard InChI is InChI=1S/C32H35N5O/c1-2-37(22-24-8-4-3-5-9-24)32(23-38)31(20-25-21-34-30-11-7-6-10-29(25)30)36-27-14-12-26(13-15-27)35-28-16-18-33-19-17-28/h4,8-19,21,31,34,36H,2-3,5-7,20,22H2,1H3,(H,33,35). The second kappa shape index (κ2) is 12.3. The second-order valence-electron chi connectivity index (χ2n) is 9.73. The Labute approximate surface area is 224 Å². The van der Waals surface area contributed by atoms with Crippen LogP contribution in [0.3, 0.4) is 0 Å². The molecular weight excluding hydrogens is 470 g/mol. The van der Waals surface area contributed by atoms with E-state index in [1.165, 1.54) is 21.7 Å². The Kier molecular flexibility index (Phi) is 8.22. The van der Waals surface area contributed by atoms with Crippen LogP contribution in [0.4, 0.5) is 17.1 Å². The van der Waals surface area contributed by atoms with Crippen molar-refractivity contribution in [3.05, 3.63) is 101 Å². The Bertz CT molecular complexity index is 1460. The summed E-state index contributed by atoms with van der Waals surface area (Å²) in [6.45, 7) is 3.53. The van der Waals surface area contributed by atoms with Gasteiger partial charge in [0.15, 0.2) is 0 Å². The lowest BCUT2D eigenvalue weighted by molar-refractivity contribution is 0.371. The van der Waals surface area contributed by atoms with Gasteiger partial charge in [-0.3, -0.25) is 4.98 Å². The Balaban J connectivity index is 1.41. The average Bonchev–Trinajstić information content (AvgIpc) is 3.37. The van der Waals surface area contributed by atoms with E-state index in [0.717, 1.165) is 49.3 Å². The molecule has 0 radical (unpaired) electrons. The first kappa shape index (κ1) is 25.4. The van der Waals surface area contributed by atoms with Crippen LogP contribution in [0.15, 0.2) is 84.5 Å². The van der Waals surface area contributed by atoms with Crippen LogP contribution in [-0.2, 0) is 11.2 Å². The number of aromatic amines is 1. The van der Waals surface area contributed by atoms with Crippen molar-refractivity contribution in [3.63, 3.8) is 0 Å². The molecule has 3 aromatic rings. The highest BCUT2D eigenvalue weighted by molar-refractivity contribution is 5.63. The van der Waals surface area contributed by atoms with Crippen LogP contribution in [0.5, 0.6) is 0 Å². The van der Waals surface area contributed by atoms with Gasteiger partial charge in [0.25, 0.3) is 0 Å². The first-order valence-corrected chi connectivity index (χ1v) is 13.5. The Hall–Kier alpha value is -4.28. The van der Waals surface area contributed by atoms with Crippen LogP contribution in [0.2, 0.25) is 0 Å². The molecule has 38 heavy (non-hydrogen) atoms. The zero-order valence-electron chi connectivity index (χ0n) is 21.9. The Morgan fingerprint density at radius 3 is 2.47 bits per heavy atom. The van der Waals surface area contributed by atoms with Crippen molar-refractivity contribution >= 4 is 35.2 Å². The number of nitrogens with zero attached hydrogens (tertiary/aromatic N) is 2. The lowest BCUT2D eigenvalue weighted by atomic mass is 10.00. The Morgan fingerprint density at radius 1 is 1.00 bits per heavy atom. The van der Waals surface area contributed by atoms with Crippen LogP contribution in [-0.4, -0.2) is 39.9 Å². The number of H-pyrrole nitrogens is 1. The fourth-order valence-corrected chi connectivity index (χ4v) is 5.15. The number of aromatic nitrogens is 2. The summed E-state index contributed by atoms with van der Waals surface area (Å²) in [6, 6.07) is 11.8. The van der Waals surface area contributed by atoms with Gasteiger partial charge in [-0.2, -0.15) is 0 Å². The molecule has 6 nitrogen and oxygen atoms in total. The van der Waals surface area contributed by atoms with Crippen LogP contribution in [0, 0.1) is 0 Å². The number of hydrogen-bond donors (Lipinski definition) is 3. The third-order valence-corrected chi connectivity index (χ3v) is 7.12. The monoisotopic (exact) mass is 505 g/mol. The van der Waals surface area contributed by atoms with E-state index in [1.807, 2.05) is 36.4 Å². The van der Waals surface area contributed by atoms with Crippen molar-refractivity contribution < 1.29 is 4.79 Å². The van der Waals surface area contributed by atoms with E-state index in [4.69, 9.17) is 0 Å². The Morgan fingerprint density at radius 2 is 1.74 bits per heavy atom. The van der Waals surface area contributed by atoms with E-state index in [1.54, 1.807) is 12.4 Å². The van der Waals surface area contributed by atoms with Crippen LogP contribution < -0.4 is 21.2 Å². The van der Waals surface area contributed by atoms with Gasteiger partial charge in [-0.05, 0) is 85.4 Å². The quantitative estimate of drug-likeness (QED) is 0.325. The van der Waals surface area contributed by atoms with Gasteiger partial charge < -0.3 is 20.5 Å². The van der Waals surface area contributed by atoms with Crippen molar-refractivity contribution in [2.24, 2.45) is 0 Å². The summed E-state index contributed by atoms with van der Waals surface area (Å²) in [6.07, 6.45) is 21.8. The van der Waals surface area contributed by atoms with E-state index in [2.05, 4.69) is 74.9 Å². The van der Waals surface area contributed by atoms with Crippen molar-refractivity contribution in [2.75, 3.05) is 23.7 Å². The van der Waals surface area contributed by atoms with Gasteiger partial charge in [0.1, 0.15) is 11.6 Å². The highest BCUT2D eigenvalue weighted by Gasteiger charge is 2.23. The van der Waals surface area contributed by atoms with E-state index >= 15 is 0 Å². The highest BCUT2D eigenvalue weighted by Crippen LogP contribution is 2.23. The molecule has 2 aromatic heterocycles. The van der Waals surface area contributed by atoms with E-state index in [9.17, 15) is 4.79 Å². The zero-order chi connectivity index (χ0) is 26.2. The normalized spacial score (nSPS) is 14.7. The molecule has 0 fully saturated rings. The number of pyridine rings is 1. The number of anilines is 3. The summed E-state index contributed by atoms with van der Waals surface area (Å²) in [5, 5.41) is 9.49. The topological polar surface area (TPSA) is 73.1 Å². The van der Waals surface area contributed by atoms with Crippen molar-refractivity contribution in [3.8, 4) is 0 Å². The summed E-state index contributed by atoms with van der Waals surface area (Å²) in [5.41, 5.74) is 6.04. The molecule has 3 N–H and O–H groups in total. The predicted molar refractivity (Wildman–Crippen MR) is 156 cm³/mol. The minimum atomic E-state index is -0.227. The number of rotatable bonds is 11.